The summed E-state index contributed by atoms with van der Waals surface area (Å²) in [4.78, 5) is 21.7. The highest BCUT2D eigenvalue weighted by molar-refractivity contribution is 7.90. The number of carbonyl (C=O) groups excluding carboxylic acids is 1. The Balaban J connectivity index is 1.53. The van der Waals surface area contributed by atoms with E-state index in [1.807, 2.05) is 24.3 Å². The van der Waals surface area contributed by atoms with Crippen LogP contribution in [0.4, 0.5) is 0 Å². The number of nitrogens with one attached hydrogen (secondary N) is 2. The molecule has 2 aromatic rings. The highest BCUT2D eigenvalue weighted by Crippen LogP contribution is 2.18. The van der Waals surface area contributed by atoms with Crippen LogP contribution in [0.25, 0.3) is 11.0 Å². The summed E-state index contributed by atoms with van der Waals surface area (Å²) in [5, 5.41) is 2.75. The third-order valence-electron chi connectivity index (χ3n) is 3.96. The molecule has 2 aliphatic heterocycles. The second-order valence-corrected chi connectivity index (χ2v) is 7.45. The number of rotatable bonds is 3. The largest absolute Gasteiger partial charge is 0.345 e. The summed E-state index contributed by atoms with van der Waals surface area (Å²) in [6.45, 7) is 0.487. The monoisotopic (exact) mass is 357 g/mol. The first-order valence-corrected chi connectivity index (χ1v) is 9.33. The first kappa shape index (κ1) is 15.6. The molecular formula is C16H15N5O3S. The van der Waals surface area contributed by atoms with Gasteiger partial charge in [-0.1, -0.05) is 12.1 Å². The van der Waals surface area contributed by atoms with E-state index in [9.17, 15) is 13.2 Å². The van der Waals surface area contributed by atoms with Crippen LogP contribution in [-0.4, -0.2) is 47.3 Å². The van der Waals surface area contributed by atoms with Gasteiger partial charge in [-0.3, -0.25) is 4.79 Å². The average Bonchev–Trinajstić information content (AvgIpc) is 3.01. The second-order valence-electron chi connectivity index (χ2n) is 5.70. The Morgan fingerprint density at radius 3 is 3.00 bits per heavy atom. The van der Waals surface area contributed by atoms with Gasteiger partial charge in [0.25, 0.3) is 15.9 Å². The lowest BCUT2D eigenvalue weighted by molar-refractivity contribution is -0.117. The Morgan fingerprint density at radius 2 is 2.16 bits per heavy atom. The van der Waals surface area contributed by atoms with Gasteiger partial charge in [0.1, 0.15) is 5.82 Å². The van der Waals surface area contributed by atoms with Crippen molar-refractivity contribution < 1.29 is 13.2 Å². The molecule has 9 heteroatoms. The molecule has 0 saturated carbocycles. The van der Waals surface area contributed by atoms with E-state index in [0.29, 0.717) is 5.82 Å². The van der Waals surface area contributed by atoms with Crippen molar-refractivity contribution in [2.75, 3.05) is 12.3 Å². The molecule has 0 fully saturated rings. The lowest BCUT2D eigenvalue weighted by atomic mass is 10.1. The number of sulfonamides is 1. The zero-order chi connectivity index (χ0) is 17.4. The lowest BCUT2D eigenvalue weighted by Gasteiger charge is -2.28. The van der Waals surface area contributed by atoms with Crippen LogP contribution in [0.15, 0.2) is 52.6 Å². The summed E-state index contributed by atoms with van der Waals surface area (Å²) < 4.78 is 27.2. The van der Waals surface area contributed by atoms with Crippen molar-refractivity contribution >= 4 is 32.8 Å². The number of amidine groups is 1. The smallest absolute Gasteiger partial charge is 0.256 e. The number of para-hydroxylation sites is 2. The number of hydrogen-bond acceptors (Lipinski definition) is 5. The minimum Gasteiger partial charge on any atom is -0.345 e. The SMILES string of the molecule is O=C(NCc1nc2ccccc2[nH]1)C1=CC=CN2CCS(=O)(=O)N=C12. The van der Waals surface area contributed by atoms with Crippen LogP contribution >= 0.6 is 0 Å². The maximum atomic E-state index is 12.5. The normalized spacial score (nSPS) is 18.5. The Kier molecular flexibility index (Phi) is 3.65. The van der Waals surface area contributed by atoms with E-state index in [1.165, 1.54) is 0 Å². The summed E-state index contributed by atoms with van der Waals surface area (Å²) in [6.07, 6.45) is 4.97. The predicted octanol–water partition coefficient (Wildman–Crippen LogP) is 0.677. The van der Waals surface area contributed by atoms with Crippen molar-refractivity contribution in [1.82, 2.24) is 20.2 Å². The quantitative estimate of drug-likeness (QED) is 0.840. The molecule has 3 heterocycles. The zero-order valence-corrected chi connectivity index (χ0v) is 14.0. The highest BCUT2D eigenvalue weighted by Gasteiger charge is 2.29. The number of allylic oxidation sites excluding steroid dienone is 2. The Hall–Kier alpha value is -2.94. The van der Waals surface area contributed by atoms with Crippen LogP contribution in [0.1, 0.15) is 5.82 Å². The summed E-state index contributed by atoms with van der Waals surface area (Å²) in [7, 11) is -3.53. The van der Waals surface area contributed by atoms with Crippen LogP contribution in [0, 0.1) is 0 Å². The van der Waals surface area contributed by atoms with E-state index in [1.54, 1.807) is 23.3 Å². The first-order chi connectivity index (χ1) is 12.0. The molecule has 1 amide bonds. The van der Waals surface area contributed by atoms with E-state index in [2.05, 4.69) is 19.7 Å². The van der Waals surface area contributed by atoms with Crippen molar-refractivity contribution in [3.63, 3.8) is 0 Å². The molecule has 1 aromatic carbocycles. The Bertz CT molecular complexity index is 1020. The minimum absolute atomic E-state index is 0.0608. The van der Waals surface area contributed by atoms with E-state index >= 15 is 0 Å². The van der Waals surface area contributed by atoms with Gasteiger partial charge in [-0.2, -0.15) is 0 Å². The van der Waals surface area contributed by atoms with Crippen LogP contribution < -0.4 is 5.32 Å². The van der Waals surface area contributed by atoms with Crippen LogP contribution in [0.5, 0.6) is 0 Å². The molecule has 0 bridgehead atoms. The van der Waals surface area contributed by atoms with Gasteiger partial charge in [-0.25, -0.2) is 13.4 Å². The molecule has 8 nitrogen and oxygen atoms in total. The molecule has 2 N–H and O–H groups in total. The molecule has 0 atom stereocenters. The van der Waals surface area contributed by atoms with Gasteiger partial charge >= 0.3 is 0 Å². The Morgan fingerprint density at radius 1 is 1.32 bits per heavy atom. The number of aromatic nitrogens is 2. The lowest BCUT2D eigenvalue weighted by Crippen LogP contribution is -2.42. The number of aromatic amines is 1. The summed E-state index contributed by atoms with van der Waals surface area (Å²) >= 11 is 0. The van der Waals surface area contributed by atoms with Crippen LogP contribution in [0.3, 0.4) is 0 Å². The van der Waals surface area contributed by atoms with Crippen molar-refractivity contribution in [3.05, 3.63) is 54.0 Å². The molecule has 1 aromatic heterocycles. The standard InChI is InChI=1S/C16H15N5O3S/c22-16(17-10-14-18-12-5-1-2-6-13(12)19-14)11-4-3-7-21-8-9-25(23,24)20-15(11)21/h1-7H,8-10H2,(H,17,22)(H,18,19). The molecule has 0 aliphatic carbocycles. The number of carbonyl (C=O) groups is 1. The highest BCUT2D eigenvalue weighted by atomic mass is 32.2. The number of benzene rings is 1. The van der Waals surface area contributed by atoms with Crippen LogP contribution in [0.2, 0.25) is 0 Å². The number of imidazole rings is 1. The van der Waals surface area contributed by atoms with E-state index in [0.717, 1.165) is 11.0 Å². The van der Waals surface area contributed by atoms with Crippen molar-refractivity contribution in [2.45, 2.75) is 6.54 Å². The molecule has 0 spiro atoms. The summed E-state index contributed by atoms with van der Waals surface area (Å²) in [6, 6.07) is 7.58. The molecule has 2 aliphatic rings. The van der Waals surface area contributed by atoms with Gasteiger partial charge in [-0.05, 0) is 24.3 Å². The number of nitrogens with zero attached hydrogens (tertiary/aromatic N) is 3. The third kappa shape index (κ3) is 3.05. The zero-order valence-electron chi connectivity index (χ0n) is 13.1. The number of amides is 1. The fourth-order valence-corrected chi connectivity index (χ4v) is 3.73. The number of H-pyrrole nitrogens is 1. The fraction of sp³-hybridized carbons (Fsp3) is 0.188. The third-order valence-corrected chi connectivity index (χ3v) is 5.11. The Labute approximate surface area is 144 Å². The van der Waals surface area contributed by atoms with Gasteiger partial charge < -0.3 is 15.2 Å². The molecule has 0 unspecified atom stereocenters. The van der Waals surface area contributed by atoms with Crippen molar-refractivity contribution in [2.24, 2.45) is 4.40 Å². The van der Waals surface area contributed by atoms with Gasteiger partial charge in [0.05, 0.1) is 28.9 Å². The minimum atomic E-state index is -3.53. The molecule has 0 saturated heterocycles. The topological polar surface area (TPSA) is 108 Å². The fourth-order valence-electron chi connectivity index (χ4n) is 2.74. The molecule has 25 heavy (non-hydrogen) atoms. The molecular weight excluding hydrogens is 342 g/mol. The average molecular weight is 357 g/mol. The predicted molar refractivity (Wildman–Crippen MR) is 93.1 cm³/mol. The van der Waals surface area contributed by atoms with Gasteiger partial charge in [0.2, 0.25) is 0 Å². The number of hydrogen-bond donors (Lipinski definition) is 2. The molecule has 128 valence electrons. The van der Waals surface area contributed by atoms with Crippen molar-refractivity contribution in [3.8, 4) is 0 Å². The van der Waals surface area contributed by atoms with Gasteiger partial charge in [0.15, 0.2) is 5.84 Å². The van der Waals surface area contributed by atoms with Crippen molar-refractivity contribution in [1.29, 1.82) is 0 Å². The summed E-state index contributed by atoms with van der Waals surface area (Å²) in [5.41, 5.74) is 1.93. The second kappa shape index (κ2) is 5.85. The maximum Gasteiger partial charge on any atom is 0.256 e. The van der Waals surface area contributed by atoms with E-state index < -0.39 is 15.9 Å². The van der Waals surface area contributed by atoms with Gasteiger partial charge in [0, 0.05) is 12.7 Å². The van der Waals surface area contributed by atoms with Crippen LogP contribution in [-0.2, 0) is 21.4 Å². The molecule has 0 radical (unpaired) electrons. The van der Waals surface area contributed by atoms with E-state index in [-0.39, 0.29) is 30.3 Å². The number of fused-ring (bicyclic) bond motifs is 2. The van der Waals surface area contributed by atoms with Gasteiger partial charge in [-0.15, -0.1) is 4.40 Å². The maximum absolute atomic E-state index is 12.5. The van der Waals surface area contributed by atoms with E-state index in [4.69, 9.17) is 0 Å². The summed E-state index contributed by atoms with van der Waals surface area (Å²) in [5.74, 6) is 0.326. The molecule has 4 rings (SSSR count). The first-order valence-electron chi connectivity index (χ1n) is 7.72.